The molecular formula is C7H11Cl2N3O. The molecule has 0 aliphatic heterocycles. The van der Waals surface area contributed by atoms with Gasteiger partial charge in [0.1, 0.15) is 5.15 Å². The van der Waals surface area contributed by atoms with Crippen molar-refractivity contribution < 1.29 is 5.11 Å². The van der Waals surface area contributed by atoms with Crippen molar-refractivity contribution in [3.05, 3.63) is 23.0 Å². The minimum atomic E-state index is -0.495. The highest BCUT2D eigenvalue weighted by atomic mass is 35.5. The van der Waals surface area contributed by atoms with E-state index in [9.17, 15) is 0 Å². The van der Waals surface area contributed by atoms with E-state index >= 15 is 0 Å². The number of hydrogen-bond donors (Lipinski definition) is 3. The topological polar surface area (TPSA) is 85.2 Å². The number of nitrogens with zero attached hydrogens (tertiary/aromatic N) is 1. The average molecular weight is 224 g/mol. The minimum absolute atomic E-state index is 0. The molecule has 1 atom stereocenters. The Morgan fingerprint density at radius 1 is 1.62 bits per heavy atom. The molecule has 0 saturated carbocycles. The second-order valence-electron chi connectivity index (χ2n) is 2.43. The van der Waals surface area contributed by atoms with Gasteiger partial charge in [0.25, 0.3) is 0 Å². The fourth-order valence-corrected chi connectivity index (χ4v) is 1.04. The van der Waals surface area contributed by atoms with Crippen LogP contribution in [0.5, 0.6) is 0 Å². The van der Waals surface area contributed by atoms with Crippen LogP contribution in [0.3, 0.4) is 0 Å². The molecule has 0 radical (unpaired) electrons. The summed E-state index contributed by atoms with van der Waals surface area (Å²) in [5.41, 5.74) is 12.2. The Bertz CT molecular complexity index is 282. The van der Waals surface area contributed by atoms with Crippen molar-refractivity contribution in [2.24, 2.45) is 5.73 Å². The van der Waals surface area contributed by atoms with E-state index in [-0.39, 0.29) is 19.0 Å². The van der Waals surface area contributed by atoms with Crippen LogP contribution in [0.25, 0.3) is 0 Å². The van der Waals surface area contributed by atoms with Gasteiger partial charge in [0, 0.05) is 0 Å². The van der Waals surface area contributed by atoms with Gasteiger partial charge in [0.2, 0.25) is 0 Å². The quantitative estimate of drug-likeness (QED) is 0.646. The molecule has 13 heavy (non-hydrogen) atoms. The van der Waals surface area contributed by atoms with E-state index in [0.29, 0.717) is 16.4 Å². The molecular weight excluding hydrogens is 213 g/mol. The van der Waals surface area contributed by atoms with Gasteiger partial charge in [-0.1, -0.05) is 11.6 Å². The number of nitrogens with two attached hydrogens (primary N) is 2. The van der Waals surface area contributed by atoms with Gasteiger partial charge in [-0.3, -0.25) is 0 Å². The zero-order valence-electron chi connectivity index (χ0n) is 6.77. The minimum Gasteiger partial charge on any atom is -0.397 e. The Hall–Kier alpha value is -0.550. The van der Waals surface area contributed by atoms with Crippen LogP contribution >= 0.6 is 24.0 Å². The summed E-state index contributed by atoms with van der Waals surface area (Å²) in [7, 11) is 0. The molecule has 1 rings (SSSR count). The standard InChI is InChI=1S/C7H10ClN3O.ClH/c8-7-1-4(6(10)3-12)5(9)2-11-7;/h1-2,6,12H,3,9-10H2;1H/t6-;/m1./s1. The summed E-state index contributed by atoms with van der Waals surface area (Å²) in [5, 5.41) is 9.08. The van der Waals surface area contributed by atoms with Crippen molar-refractivity contribution in [1.29, 1.82) is 0 Å². The molecule has 0 fully saturated rings. The molecule has 0 aliphatic carbocycles. The number of aromatic nitrogens is 1. The highest BCUT2D eigenvalue weighted by Crippen LogP contribution is 2.20. The maximum atomic E-state index is 8.76. The number of aliphatic hydroxyl groups excluding tert-OH is 1. The third-order valence-electron chi connectivity index (χ3n) is 1.53. The Morgan fingerprint density at radius 2 is 2.23 bits per heavy atom. The van der Waals surface area contributed by atoms with Crippen molar-refractivity contribution >= 4 is 29.7 Å². The van der Waals surface area contributed by atoms with Crippen LogP contribution < -0.4 is 11.5 Å². The lowest BCUT2D eigenvalue weighted by Gasteiger charge is -2.10. The van der Waals surface area contributed by atoms with Crippen molar-refractivity contribution in [3.63, 3.8) is 0 Å². The van der Waals surface area contributed by atoms with Crippen molar-refractivity contribution in [1.82, 2.24) is 4.98 Å². The van der Waals surface area contributed by atoms with E-state index in [2.05, 4.69) is 4.98 Å². The molecule has 6 heteroatoms. The first-order valence-electron chi connectivity index (χ1n) is 3.42. The largest absolute Gasteiger partial charge is 0.397 e. The van der Waals surface area contributed by atoms with E-state index in [1.807, 2.05) is 0 Å². The number of rotatable bonds is 2. The second-order valence-corrected chi connectivity index (χ2v) is 2.81. The van der Waals surface area contributed by atoms with Crippen LogP contribution in [0, 0.1) is 0 Å². The van der Waals surface area contributed by atoms with Crippen LogP contribution in [0.4, 0.5) is 5.69 Å². The molecule has 0 unspecified atom stereocenters. The van der Waals surface area contributed by atoms with Crippen LogP contribution in [0.15, 0.2) is 12.3 Å². The zero-order chi connectivity index (χ0) is 9.14. The van der Waals surface area contributed by atoms with Crippen LogP contribution in [0.2, 0.25) is 5.15 Å². The third kappa shape index (κ3) is 3.00. The predicted molar refractivity (Wildman–Crippen MR) is 54.9 cm³/mol. The molecule has 5 N–H and O–H groups in total. The summed E-state index contributed by atoms with van der Waals surface area (Å²) in [5.74, 6) is 0. The molecule has 0 amide bonds. The second kappa shape index (κ2) is 5.24. The smallest absolute Gasteiger partial charge is 0.129 e. The molecule has 0 aromatic carbocycles. The predicted octanol–water partition coefficient (Wildman–Crippen LogP) is 0.731. The first-order chi connectivity index (χ1) is 5.65. The van der Waals surface area contributed by atoms with Gasteiger partial charge in [-0.15, -0.1) is 12.4 Å². The van der Waals surface area contributed by atoms with Gasteiger partial charge in [-0.05, 0) is 11.6 Å². The van der Waals surface area contributed by atoms with E-state index in [1.54, 1.807) is 6.07 Å². The molecule has 4 nitrogen and oxygen atoms in total. The number of halogens is 2. The van der Waals surface area contributed by atoms with Gasteiger partial charge in [0.05, 0.1) is 24.5 Å². The van der Waals surface area contributed by atoms with Crippen molar-refractivity contribution in [2.45, 2.75) is 6.04 Å². The Kier molecular flexibility index (Phi) is 5.02. The van der Waals surface area contributed by atoms with Crippen molar-refractivity contribution in [3.8, 4) is 0 Å². The first kappa shape index (κ1) is 12.4. The average Bonchev–Trinajstić information content (AvgIpc) is 2.08. The number of nitrogen functional groups attached to an aromatic ring is 1. The summed E-state index contributed by atoms with van der Waals surface area (Å²) in [6, 6.07) is 1.06. The summed E-state index contributed by atoms with van der Waals surface area (Å²) in [6.07, 6.45) is 1.42. The highest BCUT2D eigenvalue weighted by Gasteiger charge is 2.08. The van der Waals surface area contributed by atoms with Gasteiger partial charge in [-0.25, -0.2) is 4.98 Å². The molecule has 0 aliphatic rings. The molecule has 0 bridgehead atoms. The SMILES string of the molecule is Cl.Nc1cnc(Cl)cc1[C@H](N)CO. The first-order valence-corrected chi connectivity index (χ1v) is 3.80. The fourth-order valence-electron chi connectivity index (χ4n) is 0.874. The normalized spacial score (nSPS) is 11.9. The summed E-state index contributed by atoms with van der Waals surface area (Å²) in [6.45, 7) is -0.162. The van der Waals surface area contributed by atoms with Crippen molar-refractivity contribution in [2.75, 3.05) is 12.3 Å². The van der Waals surface area contributed by atoms with E-state index in [1.165, 1.54) is 6.20 Å². The summed E-state index contributed by atoms with van der Waals surface area (Å²) in [4.78, 5) is 3.76. The van der Waals surface area contributed by atoms with E-state index < -0.39 is 6.04 Å². The molecule has 0 spiro atoms. The maximum Gasteiger partial charge on any atom is 0.129 e. The zero-order valence-corrected chi connectivity index (χ0v) is 8.35. The third-order valence-corrected chi connectivity index (χ3v) is 1.74. The van der Waals surface area contributed by atoms with Gasteiger partial charge < -0.3 is 16.6 Å². The molecule has 1 heterocycles. The molecule has 0 saturated heterocycles. The number of aliphatic hydroxyl groups is 1. The lowest BCUT2D eigenvalue weighted by atomic mass is 10.1. The monoisotopic (exact) mass is 223 g/mol. The Morgan fingerprint density at radius 3 is 2.77 bits per heavy atom. The summed E-state index contributed by atoms with van der Waals surface area (Å²) >= 11 is 5.61. The molecule has 1 aromatic rings. The van der Waals surface area contributed by atoms with Gasteiger partial charge in [-0.2, -0.15) is 0 Å². The molecule has 1 aromatic heterocycles. The highest BCUT2D eigenvalue weighted by molar-refractivity contribution is 6.29. The van der Waals surface area contributed by atoms with Crippen LogP contribution in [-0.4, -0.2) is 16.7 Å². The number of hydrogen-bond acceptors (Lipinski definition) is 4. The van der Waals surface area contributed by atoms with Gasteiger partial charge >= 0.3 is 0 Å². The van der Waals surface area contributed by atoms with Crippen LogP contribution in [-0.2, 0) is 0 Å². The maximum absolute atomic E-state index is 8.76. The lowest BCUT2D eigenvalue weighted by molar-refractivity contribution is 0.268. The van der Waals surface area contributed by atoms with E-state index in [4.69, 9.17) is 28.2 Å². The Balaban J connectivity index is 0.00000144. The summed E-state index contributed by atoms with van der Waals surface area (Å²) < 4.78 is 0. The van der Waals surface area contributed by atoms with E-state index in [0.717, 1.165) is 0 Å². The van der Waals surface area contributed by atoms with Gasteiger partial charge in [0.15, 0.2) is 0 Å². The Labute approximate surface area is 87.3 Å². The number of anilines is 1. The van der Waals surface area contributed by atoms with Crippen LogP contribution in [0.1, 0.15) is 11.6 Å². The number of pyridine rings is 1. The lowest BCUT2D eigenvalue weighted by Crippen LogP contribution is -2.16. The molecule has 74 valence electrons. The fraction of sp³-hybridized carbons (Fsp3) is 0.286.